The lowest BCUT2D eigenvalue weighted by molar-refractivity contribution is -0.125. The second kappa shape index (κ2) is 8.50. The highest BCUT2D eigenvalue weighted by atomic mass is 16.1. The molecule has 3 heteroatoms. The molecule has 0 radical (unpaired) electrons. The Bertz CT molecular complexity index is 456. The molecule has 0 spiro atoms. The van der Waals surface area contributed by atoms with Gasteiger partial charge in [0.15, 0.2) is 0 Å². The summed E-state index contributed by atoms with van der Waals surface area (Å²) in [4.78, 5) is 14.4. The number of allylic oxidation sites excluding steroid dienone is 2. The maximum Gasteiger partial charge on any atom is 0.223 e. The quantitative estimate of drug-likeness (QED) is 0.615. The number of anilines is 1. The van der Waals surface area contributed by atoms with E-state index < -0.39 is 0 Å². The molecule has 1 N–H and O–H groups in total. The topological polar surface area (TPSA) is 32.3 Å². The summed E-state index contributed by atoms with van der Waals surface area (Å²) in [5.74, 6) is 0.411. The zero-order chi connectivity index (χ0) is 14.9. The molecule has 0 aliphatic heterocycles. The molecule has 1 aromatic carbocycles. The van der Waals surface area contributed by atoms with E-state index in [1.165, 1.54) is 5.69 Å². The van der Waals surface area contributed by atoms with E-state index in [4.69, 9.17) is 0 Å². The number of nitrogens with one attached hydrogen (secondary N) is 1. The van der Waals surface area contributed by atoms with E-state index in [0.29, 0.717) is 0 Å². The van der Waals surface area contributed by atoms with Crippen molar-refractivity contribution in [2.75, 3.05) is 24.5 Å². The Morgan fingerprint density at radius 3 is 2.76 bits per heavy atom. The van der Waals surface area contributed by atoms with Crippen molar-refractivity contribution in [2.24, 2.45) is 5.92 Å². The zero-order valence-corrected chi connectivity index (χ0v) is 12.9. The highest BCUT2D eigenvalue weighted by molar-refractivity contribution is 5.78. The maximum atomic E-state index is 12.0. The molecule has 2 rings (SSSR count). The van der Waals surface area contributed by atoms with Gasteiger partial charge in [0.05, 0.1) is 0 Å². The number of rotatable bonds is 7. The van der Waals surface area contributed by atoms with Crippen molar-refractivity contribution in [3.05, 3.63) is 42.5 Å². The second-order valence-electron chi connectivity index (χ2n) is 5.54. The number of hydrogen-bond acceptors (Lipinski definition) is 2. The van der Waals surface area contributed by atoms with Crippen LogP contribution < -0.4 is 10.2 Å². The smallest absolute Gasteiger partial charge is 0.223 e. The lowest BCUT2D eigenvalue weighted by atomic mass is 9.94. The third kappa shape index (κ3) is 4.92. The van der Waals surface area contributed by atoms with Gasteiger partial charge in [-0.1, -0.05) is 30.4 Å². The molecule has 0 saturated carbocycles. The van der Waals surface area contributed by atoms with Crippen LogP contribution in [0.5, 0.6) is 0 Å². The first-order chi connectivity index (χ1) is 10.3. The van der Waals surface area contributed by atoms with Crippen LogP contribution in [0.4, 0.5) is 5.69 Å². The van der Waals surface area contributed by atoms with E-state index in [2.05, 4.69) is 53.6 Å². The summed E-state index contributed by atoms with van der Waals surface area (Å²) in [7, 11) is 0. The molecule has 0 heterocycles. The van der Waals surface area contributed by atoms with Gasteiger partial charge in [0.2, 0.25) is 5.91 Å². The summed E-state index contributed by atoms with van der Waals surface area (Å²) in [6.07, 6.45) is 8.21. The van der Waals surface area contributed by atoms with Crippen LogP contribution in [0.1, 0.15) is 32.6 Å². The normalized spacial score (nSPS) is 17.5. The van der Waals surface area contributed by atoms with Gasteiger partial charge < -0.3 is 10.2 Å². The summed E-state index contributed by atoms with van der Waals surface area (Å²) in [6.45, 7) is 4.90. The monoisotopic (exact) mass is 286 g/mol. The largest absolute Gasteiger partial charge is 0.372 e. The van der Waals surface area contributed by atoms with Crippen LogP contribution in [0.2, 0.25) is 0 Å². The summed E-state index contributed by atoms with van der Waals surface area (Å²) in [5, 5.41) is 3.08. The number of amides is 1. The van der Waals surface area contributed by atoms with Crippen LogP contribution in [-0.2, 0) is 4.79 Å². The van der Waals surface area contributed by atoms with Crippen molar-refractivity contribution in [3.63, 3.8) is 0 Å². The van der Waals surface area contributed by atoms with Crippen molar-refractivity contribution in [1.82, 2.24) is 5.32 Å². The molecule has 3 nitrogen and oxygen atoms in total. The second-order valence-corrected chi connectivity index (χ2v) is 5.54. The Labute approximate surface area is 128 Å². The predicted octanol–water partition coefficient (Wildman–Crippen LogP) is 3.38. The van der Waals surface area contributed by atoms with Crippen molar-refractivity contribution >= 4 is 11.6 Å². The van der Waals surface area contributed by atoms with Crippen LogP contribution in [0.15, 0.2) is 42.5 Å². The fourth-order valence-electron chi connectivity index (χ4n) is 2.77. The molecular formula is C18H26N2O. The number of nitrogens with zero attached hydrogens (tertiary/aromatic N) is 1. The lowest BCUT2D eigenvalue weighted by Gasteiger charge is -2.23. The summed E-state index contributed by atoms with van der Waals surface area (Å²) in [5.41, 5.74) is 1.25. The third-order valence-corrected chi connectivity index (χ3v) is 4.05. The van der Waals surface area contributed by atoms with E-state index in [0.717, 1.165) is 45.3 Å². The molecule has 1 aliphatic rings. The van der Waals surface area contributed by atoms with E-state index in [1.807, 2.05) is 6.07 Å². The first kappa shape index (κ1) is 15.6. The number of carbonyl (C=O) groups excluding carboxylic acids is 1. The molecule has 21 heavy (non-hydrogen) atoms. The highest BCUT2D eigenvalue weighted by Crippen LogP contribution is 2.18. The standard InChI is InChI=1S/C18H26N2O/c1-2-20(17-12-7-4-8-13-17)15-9-14-19-18(21)16-10-5-3-6-11-16/h3-5,7-8,12-13,16H,2,6,9-11,14-15H2,1H3,(H,19,21). The molecule has 1 aliphatic carbocycles. The first-order valence-electron chi connectivity index (χ1n) is 8.04. The van der Waals surface area contributed by atoms with Crippen molar-refractivity contribution < 1.29 is 4.79 Å². The average molecular weight is 286 g/mol. The molecule has 0 saturated heterocycles. The first-order valence-corrected chi connectivity index (χ1v) is 8.04. The van der Waals surface area contributed by atoms with Crippen LogP contribution in [0.3, 0.4) is 0 Å². The van der Waals surface area contributed by atoms with Gasteiger partial charge in [-0.25, -0.2) is 0 Å². The van der Waals surface area contributed by atoms with Gasteiger partial charge in [0.25, 0.3) is 0 Å². The third-order valence-electron chi connectivity index (χ3n) is 4.05. The molecule has 1 aromatic rings. The SMILES string of the molecule is CCN(CCCNC(=O)C1CC=CCC1)c1ccccc1. The Morgan fingerprint density at radius 1 is 1.29 bits per heavy atom. The van der Waals surface area contributed by atoms with E-state index >= 15 is 0 Å². The minimum atomic E-state index is 0.186. The van der Waals surface area contributed by atoms with Gasteiger partial charge in [-0.05, 0) is 44.7 Å². The molecule has 1 unspecified atom stereocenters. The van der Waals surface area contributed by atoms with E-state index in [1.54, 1.807) is 0 Å². The fourth-order valence-corrected chi connectivity index (χ4v) is 2.77. The highest BCUT2D eigenvalue weighted by Gasteiger charge is 2.17. The summed E-state index contributed by atoms with van der Waals surface area (Å²) in [6, 6.07) is 10.4. The Balaban J connectivity index is 1.68. The summed E-state index contributed by atoms with van der Waals surface area (Å²) < 4.78 is 0. The zero-order valence-electron chi connectivity index (χ0n) is 12.9. The average Bonchev–Trinajstić information content (AvgIpc) is 2.56. The van der Waals surface area contributed by atoms with Crippen LogP contribution in [-0.4, -0.2) is 25.5 Å². The Hall–Kier alpha value is -1.77. The molecule has 1 atom stereocenters. The van der Waals surface area contributed by atoms with Crippen molar-refractivity contribution in [3.8, 4) is 0 Å². The molecule has 0 fully saturated rings. The molecule has 1 amide bonds. The summed E-state index contributed by atoms with van der Waals surface area (Å²) >= 11 is 0. The minimum absolute atomic E-state index is 0.186. The van der Waals surface area contributed by atoms with Gasteiger partial charge in [0.1, 0.15) is 0 Å². The van der Waals surface area contributed by atoms with Gasteiger partial charge in [0, 0.05) is 31.2 Å². The number of hydrogen-bond donors (Lipinski definition) is 1. The van der Waals surface area contributed by atoms with Crippen molar-refractivity contribution in [1.29, 1.82) is 0 Å². The number of carbonyl (C=O) groups is 1. The van der Waals surface area contributed by atoms with Crippen molar-refractivity contribution in [2.45, 2.75) is 32.6 Å². The van der Waals surface area contributed by atoms with Crippen LogP contribution >= 0.6 is 0 Å². The van der Waals surface area contributed by atoms with Gasteiger partial charge in [-0.3, -0.25) is 4.79 Å². The van der Waals surface area contributed by atoms with Gasteiger partial charge in [-0.2, -0.15) is 0 Å². The molecule has 0 bridgehead atoms. The van der Waals surface area contributed by atoms with E-state index in [-0.39, 0.29) is 11.8 Å². The Morgan fingerprint density at radius 2 is 2.10 bits per heavy atom. The lowest BCUT2D eigenvalue weighted by Crippen LogP contribution is -2.34. The Kier molecular flexibility index (Phi) is 6.32. The molecule has 114 valence electrons. The number of para-hydroxylation sites is 1. The number of benzene rings is 1. The van der Waals surface area contributed by atoms with Crippen LogP contribution in [0.25, 0.3) is 0 Å². The van der Waals surface area contributed by atoms with E-state index in [9.17, 15) is 4.79 Å². The van der Waals surface area contributed by atoms with Gasteiger partial charge in [-0.15, -0.1) is 0 Å². The van der Waals surface area contributed by atoms with Crippen LogP contribution in [0, 0.1) is 5.92 Å². The molecular weight excluding hydrogens is 260 g/mol. The predicted molar refractivity (Wildman–Crippen MR) is 88.4 cm³/mol. The fraction of sp³-hybridized carbons (Fsp3) is 0.500. The van der Waals surface area contributed by atoms with Gasteiger partial charge >= 0.3 is 0 Å². The molecule has 0 aromatic heterocycles. The maximum absolute atomic E-state index is 12.0. The minimum Gasteiger partial charge on any atom is -0.372 e.